The second-order valence-corrected chi connectivity index (χ2v) is 5.78. The topological polar surface area (TPSA) is 89.3 Å². The molecule has 6 nitrogen and oxygen atoms in total. The lowest BCUT2D eigenvalue weighted by Gasteiger charge is -2.15. The van der Waals surface area contributed by atoms with E-state index in [1.165, 1.54) is 16.9 Å². The molecule has 0 bridgehead atoms. The second kappa shape index (κ2) is 5.97. The lowest BCUT2D eigenvalue weighted by Crippen LogP contribution is -2.07. The maximum absolute atomic E-state index is 13.3. The highest BCUT2D eigenvalue weighted by atomic mass is 19.4. The Morgan fingerprint density at radius 2 is 1.74 bits per heavy atom. The van der Waals surface area contributed by atoms with Crippen molar-refractivity contribution in [3.05, 3.63) is 60.4 Å². The maximum Gasteiger partial charge on any atom is 0.419 e. The van der Waals surface area contributed by atoms with Gasteiger partial charge in [0.2, 0.25) is 5.95 Å². The van der Waals surface area contributed by atoms with Gasteiger partial charge in [0.1, 0.15) is 12.1 Å². The van der Waals surface area contributed by atoms with E-state index < -0.39 is 17.5 Å². The van der Waals surface area contributed by atoms with Gasteiger partial charge in [0.15, 0.2) is 5.65 Å². The molecule has 3 N–H and O–H groups in total. The molecule has 136 valence electrons. The van der Waals surface area contributed by atoms with Gasteiger partial charge in [-0.3, -0.25) is 0 Å². The summed E-state index contributed by atoms with van der Waals surface area (Å²) in [5.74, 6) is -0.798. The summed E-state index contributed by atoms with van der Waals surface area (Å²) in [7, 11) is 0. The summed E-state index contributed by atoms with van der Waals surface area (Å²) in [5, 5.41) is 13.6. The molecule has 0 amide bonds. The molecule has 9 heteroatoms. The Hall–Kier alpha value is -3.62. The van der Waals surface area contributed by atoms with Crippen molar-refractivity contribution in [2.45, 2.75) is 6.18 Å². The van der Waals surface area contributed by atoms with Crippen molar-refractivity contribution in [1.82, 2.24) is 19.6 Å². The number of hydrogen-bond acceptors (Lipinski definition) is 5. The van der Waals surface area contributed by atoms with E-state index in [0.717, 1.165) is 12.1 Å². The van der Waals surface area contributed by atoms with Gasteiger partial charge in [-0.15, -0.1) is 0 Å². The van der Waals surface area contributed by atoms with Crippen LogP contribution in [0.3, 0.4) is 0 Å². The van der Waals surface area contributed by atoms with Gasteiger partial charge in [0.25, 0.3) is 0 Å². The summed E-state index contributed by atoms with van der Waals surface area (Å²) in [5.41, 5.74) is 6.60. The smallest absolute Gasteiger partial charge is 0.419 e. The van der Waals surface area contributed by atoms with Gasteiger partial charge >= 0.3 is 6.18 Å². The summed E-state index contributed by atoms with van der Waals surface area (Å²) in [4.78, 5) is 8.47. The second-order valence-electron chi connectivity index (χ2n) is 5.78. The molecule has 0 spiro atoms. The largest absolute Gasteiger partial charge is 0.507 e. The molecule has 0 radical (unpaired) electrons. The van der Waals surface area contributed by atoms with E-state index in [1.54, 1.807) is 24.3 Å². The third kappa shape index (κ3) is 2.82. The Balaban J connectivity index is 2.07. The van der Waals surface area contributed by atoms with Gasteiger partial charge in [-0.25, -0.2) is 9.97 Å². The third-order valence-electron chi connectivity index (χ3n) is 4.09. The van der Waals surface area contributed by atoms with E-state index >= 15 is 0 Å². The zero-order chi connectivity index (χ0) is 19.2. The van der Waals surface area contributed by atoms with Crippen molar-refractivity contribution in [2.75, 3.05) is 5.73 Å². The fourth-order valence-corrected chi connectivity index (χ4v) is 2.89. The standard InChI is InChI=1S/C18H12F3N5O/c19-18(20,21)12-8-11(6-7-13(12)27)14-15(10-4-2-1-3-5-10)25-17(22)26-16(14)23-9-24-26/h1-9,27H,(H2,22,25). The third-order valence-corrected chi connectivity index (χ3v) is 4.09. The molecule has 0 aliphatic rings. The Morgan fingerprint density at radius 3 is 2.44 bits per heavy atom. The number of phenols is 1. The number of nitrogens with zero attached hydrogens (tertiary/aromatic N) is 4. The Kier molecular flexibility index (Phi) is 3.72. The van der Waals surface area contributed by atoms with Crippen LogP contribution in [0.2, 0.25) is 0 Å². The number of nitrogen functional groups attached to an aromatic ring is 1. The lowest BCUT2D eigenvalue weighted by molar-refractivity contribution is -0.138. The first-order chi connectivity index (χ1) is 12.9. The molecule has 4 aromatic rings. The van der Waals surface area contributed by atoms with Crippen LogP contribution in [0.4, 0.5) is 19.1 Å². The highest BCUT2D eigenvalue weighted by Crippen LogP contribution is 2.41. The van der Waals surface area contributed by atoms with Gasteiger partial charge in [0.05, 0.1) is 16.8 Å². The molecule has 0 aliphatic heterocycles. The van der Waals surface area contributed by atoms with E-state index in [-0.39, 0.29) is 17.2 Å². The van der Waals surface area contributed by atoms with Crippen LogP contribution in [-0.4, -0.2) is 24.7 Å². The molecule has 0 aliphatic carbocycles. The van der Waals surface area contributed by atoms with Crippen molar-refractivity contribution in [1.29, 1.82) is 0 Å². The van der Waals surface area contributed by atoms with Crippen LogP contribution in [0.5, 0.6) is 5.75 Å². The predicted octanol–water partition coefficient (Wildman–Crippen LogP) is 3.76. The first-order valence-electron chi connectivity index (χ1n) is 7.81. The summed E-state index contributed by atoms with van der Waals surface area (Å²) in [6, 6.07) is 12.1. The van der Waals surface area contributed by atoms with E-state index in [4.69, 9.17) is 5.73 Å². The molecule has 0 fully saturated rings. The molecule has 0 atom stereocenters. The molecule has 2 heterocycles. The van der Waals surface area contributed by atoms with Crippen LogP contribution in [-0.2, 0) is 6.18 Å². The van der Waals surface area contributed by atoms with Crippen molar-refractivity contribution in [3.8, 4) is 28.1 Å². The van der Waals surface area contributed by atoms with E-state index in [0.29, 0.717) is 16.8 Å². The van der Waals surface area contributed by atoms with Crippen LogP contribution in [0.1, 0.15) is 5.56 Å². The average molecular weight is 371 g/mol. The Bertz CT molecular complexity index is 1140. The van der Waals surface area contributed by atoms with E-state index in [9.17, 15) is 18.3 Å². The molecular weight excluding hydrogens is 359 g/mol. The zero-order valence-electron chi connectivity index (χ0n) is 13.6. The van der Waals surface area contributed by atoms with Gasteiger partial charge in [-0.2, -0.15) is 22.8 Å². The van der Waals surface area contributed by atoms with Gasteiger partial charge < -0.3 is 10.8 Å². The number of halogens is 3. The monoisotopic (exact) mass is 371 g/mol. The molecule has 0 saturated carbocycles. The fourth-order valence-electron chi connectivity index (χ4n) is 2.89. The lowest BCUT2D eigenvalue weighted by atomic mass is 9.98. The minimum atomic E-state index is -4.71. The molecular formula is C18H12F3N5O. The van der Waals surface area contributed by atoms with Crippen LogP contribution >= 0.6 is 0 Å². The highest BCUT2D eigenvalue weighted by Gasteiger charge is 2.34. The summed E-state index contributed by atoms with van der Waals surface area (Å²) >= 11 is 0. The van der Waals surface area contributed by atoms with E-state index in [2.05, 4.69) is 15.1 Å². The minimum absolute atomic E-state index is 0.0555. The normalized spacial score (nSPS) is 11.8. The first-order valence-corrected chi connectivity index (χ1v) is 7.81. The number of benzene rings is 2. The molecule has 2 aromatic carbocycles. The van der Waals surface area contributed by atoms with Crippen molar-refractivity contribution < 1.29 is 18.3 Å². The average Bonchev–Trinajstić information content (AvgIpc) is 3.12. The first kappa shape index (κ1) is 16.8. The number of anilines is 1. The number of phenolic OH excluding ortho intramolecular Hbond substituents is 1. The fraction of sp³-hybridized carbons (Fsp3) is 0.0556. The van der Waals surface area contributed by atoms with Gasteiger partial charge in [-0.05, 0) is 17.7 Å². The summed E-state index contributed by atoms with van der Waals surface area (Å²) in [6.07, 6.45) is -3.46. The van der Waals surface area contributed by atoms with Crippen LogP contribution in [0.15, 0.2) is 54.9 Å². The summed E-state index contributed by atoms with van der Waals surface area (Å²) in [6.45, 7) is 0. The van der Waals surface area contributed by atoms with Crippen LogP contribution < -0.4 is 5.73 Å². The number of alkyl halides is 3. The maximum atomic E-state index is 13.3. The quantitative estimate of drug-likeness (QED) is 0.560. The van der Waals surface area contributed by atoms with Gasteiger partial charge in [-0.1, -0.05) is 36.4 Å². The van der Waals surface area contributed by atoms with Crippen molar-refractivity contribution >= 4 is 11.6 Å². The Morgan fingerprint density at radius 1 is 1.00 bits per heavy atom. The van der Waals surface area contributed by atoms with Crippen LogP contribution in [0.25, 0.3) is 28.0 Å². The summed E-state index contributed by atoms with van der Waals surface area (Å²) < 4.78 is 41.0. The van der Waals surface area contributed by atoms with Gasteiger partial charge in [0, 0.05) is 5.56 Å². The zero-order valence-corrected chi connectivity index (χ0v) is 13.6. The van der Waals surface area contributed by atoms with Crippen molar-refractivity contribution in [2.24, 2.45) is 0 Å². The number of aromatic nitrogens is 4. The number of nitrogens with two attached hydrogens (primary N) is 1. The SMILES string of the molecule is Nc1nc(-c2ccccc2)c(-c2ccc(O)c(C(F)(F)F)c2)c2ncnn12. The number of hydrogen-bond donors (Lipinski definition) is 2. The molecule has 4 rings (SSSR count). The number of rotatable bonds is 2. The highest BCUT2D eigenvalue weighted by molar-refractivity contribution is 5.91. The predicted molar refractivity (Wildman–Crippen MR) is 92.7 cm³/mol. The molecule has 27 heavy (non-hydrogen) atoms. The number of fused-ring (bicyclic) bond motifs is 1. The molecule has 0 saturated heterocycles. The molecule has 0 unspecified atom stereocenters. The Labute approximate surface area is 150 Å². The van der Waals surface area contributed by atoms with E-state index in [1.807, 2.05) is 6.07 Å². The minimum Gasteiger partial charge on any atom is -0.507 e. The molecule has 2 aromatic heterocycles. The van der Waals surface area contributed by atoms with Crippen molar-refractivity contribution in [3.63, 3.8) is 0 Å². The van der Waals surface area contributed by atoms with Crippen LogP contribution in [0, 0.1) is 0 Å². The number of aromatic hydroxyl groups is 1.